The number of nitrogens with zero attached hydrogens (tertiary/aromatic N) is 2. The van der Waals surface area contributed by atoms with Gasteiger partial charge in [-0.2, -0.15) is 5.10 Å². The maximum absolute atomic E-state index is 11.4. The predicted octanol–water partition coefficient (Wildman–Crippen LogP) is 0.164. The Bertz CT molecular complexity index is 321. The van der Waals surface area contributed by atoms with Crippen LogP contribution in [0.2, 0.25) is 0 Å². The summed E-state index contributed by atoms with van der Waals surface area (Å²) < 4.78 is 1.71. The first-order valence-corrected chi connectivity index (χ1v) is 5.12. The Labute approximate surface area is 89.6 Å². The van der Waals surface area contributed by atoms with Crippen LogP contribution in [0, 0.1) is 0 Å². The monoisotopic (exact) mass is 210 g/mol. The molecule has 1 atom stereocenters. The number of carbonyl (C=O) groups is 1. The Morgan fingerprint density at radius 3 is 3.00 bits per heavy atom. The van der Waals surface area contributed by atoms with Gasteiger partial charge in [-0.15, -0.1) is 0 Å². The molecule has 0 spiro atoms. The van der Waals surface area contributed by atoms with Gasteiger partial charge in [0.2, 0.25) is 5.91 Å². The van der Waals surface area contributed by atoms with Crippen molar-refractivity contribution in [2.75, 3.05) is 0 Å². The van der Waals surface area contributed by atoms with Crippen LogP contribution >= 0.6 is 0 Å². The van der Waals surface area contributed by atoms with Crippen molar-refractivity contribution < 1.29 is 4.79 Å². The molecule has 1 rings (SSSR count). The Hall–Kier alpha value is -1.36. The maximum atomic E-state index is 11.4. The summed E-state index contributed by atoms with van der Waals surface area (Å²) in [5, 5.41) is 6.94. The van der Waals surface area contributed by atoms with Gasteiger partial charge in [0.15, 0.2) is 0 Å². The second-order valence-electron chi connectivity index (χ2n) is 3.63. The van der Waals surface area contributed by atoms with Crippen LogP contribution in [-0.2, 0) is 18.4 Å². The molecule has 0 aliphatic rings. The number of aryl methyl sites for hydroxylation is 1. The minimum Gasteiger partial charge on any atom is -0.350 e. The highest BCUT2D eigenvalue weighted by Crippen LogP contribution is 1.96. The lowest BCUT2D eigenvalue weighted by Gasteiger charge is -2.08. The lowest BCUT2D eigenvalue weighted by Crippen LogP contribution is -2.31. The van der Waals surface area contributed by atoms with Crippen molar-refractivity contribution in [2.24, 2.45) is 12.8 Å². The second-order valence-corrected chi connectivity index (χ2v) is 3.63. The maximum Gasteiger partial charge on any atom is 0.221 e. The van der Waals surface area contributed by atoms with Crippen molar-refractivity contribution in [3.63, 3.8) is 0 Å². The third-order valence-corrected chi connectivity index (χ3v) is 2.21. The first-order chi connectivity index (χ1) is 7.11. The topological polar surface area (TPSA) is 72.9 Å². The number of nitrogens with two attached hydrogens (primary N) is 1. The third kappa shape index (κ3) is 4.12. The molecule has 1 amide bonds. The number of hydrogen-bond acceptors (Lipinski definition) is 3. The Morgan fingerprint density at radius 2 is 2.47 bits per heavy atom. The molecular weight excluding hydrogens is 192 g/mol. The fraction of sp³-hybridized carbons (Fsp3) is 0.600. The van der Waals surface area contributed by atoms with Crippen molar-refractivity contribution in [1.82, 2.24) is 15.1 Å². The lowest BCUT2D eigenvalue weighted by molar-refractivity contribution is -0.121. The van der Waals surface area contributed by atoms with Crippen LogP contribution in [0.3, 0.4) is 0 Å². The van der Waals surface area contributed by atoms with E-state index in [1.807, 2.05) is 26.2 Å². The smallest absolute Gasteiger partial charge is 0.221 e. The average molecular weight is 210 g/mol. The van der Waals surface area contributed by atoms with Gasteiger partial charge < -0.3 is 11.1 Å². The summed E-state index contributed by atoms with van der Waals surface area (Å²) in [6, 6.07) is 1.83. The summed E-state index contributed by atoms with van der Waals surface area (Å²) >= 11 is 0. The minimum absolute atomic E-state index is 0.0185. The van der Waals surface area contributed by atoms with Crippen molar-refractivity contribution in [2.45, 2.75) is 32.4 Å². The number of amides is 1. The van der Waals surface area contributed by atoms with Crippen molar-refractivity contribution in [3.8, 4) is 0 Å². The first kappa shape index (κ1) is 11.7. The van der Waals surface area contributed by atoms with E-state index >= 15 is 0 Å². The summed E-state index contributed by atoms with van der Waals surface area (Å²) in [6.07, 6.45) is 3.04. The highest BCUT2D eigenvalue weighted by molar-refractivity contribution is 5.76. The fourth-order valence-corrected chi connectivity index (χ4v) is 1.20. The standard InChI is InChI=1S/C10H18N4O/c1-3-8(11)6-10(15)12-7-9-4-5-14(2)13-9/h4-5,8H,3,6-7,11H2,1-2H3,(H,12,15). The molecule has 0 bridgehead atoms. The predicted molar refractivity (Wildman–Crippen MR) is 57.9 cm³/mol. The van der Waals surface area contributed by atoms with Gasteiger partial charge in [0.05, 0.1) is 12.2 Å². The van der Waals surface area contributed by atoms with Crippen molar-refractivity contribution in [3.05, 3.63) is 18.0 Å². The van der Waals surface area contributed by atoms with E-state index in [4.69, 9.17) is 5.73 Å². The van der Waals surface area contributed by atoms with Crippen LogP contribution in [-0.4, -0.2) is 21.7 Å². The summed E-state index contributed by atoms with van der Waals surface area (Å²) in [5.41, 5.74) is 6.52. The van der Waals surface area contributed by atoms with Gasteiger partial charge in [0.25, 0.3) is 0 Å². The van der Waals surface area contributed by atoms with Crippen molar-refractivity contribution in [1.29, 1.82) is 0 Å². The van der Waals surface area contributed by atoms with E-state index in [9.17, 15) is 4.79 Å². The highest BCUT2D eigenvalue weighted by atomic mass is 16.1. The van der Waals surface area contributed by atoms with Gasteiger partial charge in [-0.25, -0.2) is 0 Å². The SMILES string of the molecule is CCC(N)CC(=O)NCc1ccn(C)n1. The molecule has 5 nitrogen and oxygen atoms in total. The molecule has 1 heterocycles. The number of hydrogen-bond donors (Lipinski definition) is 2. The molecule has 0 saturated carbocycles. The molecular formula is C10H18N4O. The molecule has 0 saturated heterocycles. The summed E-state index contributed by atoms with van der Waals surface area (Å²) in [7, 11) is 1.85. The molecule has 1 aromatic heterocycles. The second kappa shape index (κ2) is 5.50. The largest absolute Gasteiger partial charge is 0.350 e. The van der Waals surface area contributed by atoms with Crippen LogP contribution in [0.15, 0.2) is 12.3 Å². The summed E-state index contributed by atoms with van der Waals surface area (Å²) in [6.45, 7) is 2.44. The molecule has 0 radical (unpaired) electrons. The molecule has 1 unspecified atom stereocenters. The van der Waals surface area contributed by atoms with Gasteiger partial charge in [-0.3, -0.25) is 9.48 Å². The van der Waals surface area contributed by atoms with Crippen LogP contribution in [0.25, 0.3) is 0 Å². The Kier molecular flexibility index (Phi) is 4.30. The zero-order chi connectivity index (χ0) is 11.3. The third-order valence-electron chi connectivity index (χ3n) is 2.21. The van der Waals surface area contributed by atoms with Gasteiger partial charge in [-0.05, 0) is 12.5 Å². The van der Waals surface area contributed by atoms with E-state index in [1.165, 1.54) is 0 Å². The quantitative estimate of drug-likeness (QED) is 0.727. The van der Waals surface area contributed by atoms with E-state index in [1.54, 1.807) is 4.68 Å². The molecule has 1 aromatic rings. The molecule has 0 aliphatic heterocycles. The van der Waals surface area contributed by atoms with E-state index in [0.717, 1.165) is 12.1 Å². The average Bonchev–Trinajstić information content (AvgIpc) is 2.61. The first-order valence-electron chi connectivity index (χ1n) is 5.12. The summed E-state index contributed by atoms with van der Waals surface area (Å²) in [4.78, 5) is 11.4. The lowest BCUT2D eigenvalue weighted by atomic mass is 10.1. The minimum atomic E-state index is -0.0475. The van der Waals surface area contributed by atoms with Crippen LogP contribution in [0.1, 0.15) is 25.5 Å². The molecule has 0 fully saturated rings. The number of carbonyl (C=O) groups excluding carboxylic acids is 1. The zero-order valence-corrected chi connectivity index (χ0v) is 9.23. The van der Waals surface area contributed by atoms with Gasteiger partial charge in [0, 0.05) is 25.7 Å². The molecule has 3 N–H and O–H groups in total. The molecule has 15 heavy (non-hydrogen) atoms. The van der Waals surface area contributed by atoms with Crippen LogP contribution in [0.4, 0.5) is 0 Å². The number of rotatable bonds is 5. The van der Waals surface area contributed by atoms with Gasteiger partial charge in [0.1, 0.15) is 0 Å². The molecule has 0 aliphatic carbocycles. The molecule has 84 valence electrons. The van der Waals surface area contributed by atoms with Crippen molar-refractivity contribution >= 4 is 5.91 Å². The van der Waals surface area contributed by atoms with E-state index < -0.39 is 0 Å². The number of aromatic nitrogens is 2. The van der Waals surface area contributed by atoms with Gasteiger partial charge >= 0.3 is 0 Å². The van der Waals surface area contributed by atoms with Gasteiger partial charge in [-0.1, -0.05) is 6.92 Å². The van der Waals surface area contributed by atoms with E-state index in [-0.39, 0.29) is 11.9 Å². The van der Waals surface area contributed by atoms with Crippen LogP contribution < -0.4 is 11.1 Å². The Morgan fingerprint density at radius 1 is 1.73 bits per heavy atom. The zero-order valence-electron chi connectivity index (χ0n) is 9.23. The normalized spacial score (nSPS) is 12.5. The summed E-state index contributed by atoms with van der Waals surface area (Å²) in [5.74, 6) is -0.0185. The number of nitrogens with one attached hydrogen (secondary N) is 1. The molecule has 0 aromatic carbocycles. The highest BCUT2D eigenvalue weighted by Gasteiger charge is 2.07. The van der Waals surface area contributed by atoms with E-state index in [2.05, 4.69) is 10.4 Å². The van der Waals surface area contributed by atoms with Crippen LogP contribution in [0.5, 0.6) is 0 Å². The molecule has 5 heteroatoms. The fourth-order valence-electron chi connectivity index (χ4n) is 1.20. The van der Waals surface area contributed by atoms with E-state index in [0.29, 0.717) is 13.0 Å². The Balaban J connectivity index is 2.28.